The van der Waals surface area contributed by atoms with E-state index in [1.165, 1.54) is 0 Å². The molecule has 1 saturated carbocycles. The monoisotopic (exact) mass is 518 g/mol. The van der Waals surface area contributed by atoms with Crippen LogP contribution in [-0.4, -0.2) is 35.2 Å². The number of ether oxygens (including phenoxy) is 2. The lowest BCUT2D eigenvalue weighted by atomic mass is 9.85. The molecule has 0 radical (unpaired) electrons. The van der Waals surface area contributed by atoms with Gasteiger partial charge in [0.1, 0.15) is 5.76 Å². The van der Waals surface area contributed by atoms with Crippen LogP contribution >= 0.6 is 0 Å². The van der Waals surface area contributed by atoms with Crippen molar-refractivity contribution in [1.29, 1.82) is 5.26 Å². The minimum Gasteiger partial charge on any atom is -0.494 e. The van der Waals surface area contributed by atoms with E-state index in [9.17, 15) is 14.9 Å². The van der Waals surface area contributed by atoms with Gasteiger partial charge in [-0.3, -0.25) is 9.59 Å². The lowest BCUT2D eigenvalue weighted by Gasteiger charge is -2.28. The Hall–Kier alpha value is -3.93. The molecule has 1 aliphatic heterocycles. The molecule has 1 aromatic heterocycles. The molecular weight excluding hydrogens is 484 g/mol. The Labute approximate surface area is 222 Å². The number of esters is 1. The Balaban J connectivity index is 1.46. The summed E-state index contributed by atoms with van der Waals surface area (Å²) >= 11 is 0. The molecule has 1 amide bonds. The fraction of sp³-hybridized carbons (Fsp3) is 0.483. The third-order valence-electron chi connectivity index (χ3n) is 7.21. The van der Waals surface area contributed by atoms with Crippen molar-refractivity contribution in [3.05, 3.63) is 64.5 Å². The van der Waals surface area contributed by atoms with Crippen molar-refractivity contribution in [2.24, 2.45) is 11.3 Å². The topological polar surface area (TPSA) is 127 Å². The summed E-state index contributed by atoms with van der Waals surface area (Å²) in [5.74, 6) is 1.51. The van der Waals surface area contributed by atoms with Crippen LogP contribution < -0.4 is 5.32 Å². The normalized spacial score (nSPS) is 20.3. The summed E-state index contributed by atoms with van der Waals surface area (Å²) in [5, 5.41) is 16.3. The minimum atomic E-state index is -0.234. The van der Waals surface area contributed by atoms with Crippen molar-refractivity contribution in [3.63, 3.8) is 0 Å². The molecule has 0 bridgehead atoms. The molecule has 200 valence electrons. The van der Waals surface area contributed by atoms with E-state index >= 15 is 0 Å². The van der Waals surface area contributed by atoms with Crippen LogP contribution in [0.2, 0.25) is 0 Å². The standard InChI is InChI=1S/C29H34N4O5/c1-4-22-25(9-7-10-26-31-19(3)33-38-26)37-15-14-29(22)17-23(29)28(35)32-24-16-20(18-30)12-13-21(24)8-6-11-27(34)36-5-2/h7,9,12-13,16,23H,4-6,8,10-11,14-15,17H2,1-3H3,(H,32,35)/b9-7-/t23-,29-/m0/s1. The number of nitrogens with one attached hydrogen (secondary N) is 1. The second-order valence-electron chi connectivity index (χ2n) is 9.68. The van der Waals surface area contributed by atoms with Gasteiger partial charge in [0.25, 0.3) is 0 Å². The van der Waals surface area contributed by atoms with E-state index in [2.05, 4.69) is 28.5 Å². The fourth-order valence-electron chi connectivity index (χ4n) is 5.31. The molecule has 1 N–H and O–H groups in total. The molecule has 2 aromatic rings. The van der Waals surface area contributed by atoms with Crippen molar-refractivity contribution < 1.29 is 23.6 Å². The fourth-order valence-corrected chi connectivity index (χ4v) is 5.31. The molecule has 2 atom stereocenters. The maximum atomic E-state index is 13.5. The van der Waals surface area contributed by atoms with E-state index in [0.717, 1.165) is 36.2 Å². The van der Waals surface area contributed by atoms with E-state index in [0.29, 0.717) is 61.9 Å². The molecule has 2 heterocycles. The second-order valence-corrected chi connectivity index (χ2v) is 9.68. The van der Waals surface area contributed by atoms with Gasteiger partial charge in [-0.1, -0.05) is 24.2 Å². The van der Waals surface area contributed by atoms with Crippen LogP contribution in [0.3, 0.4) is 0 Å². The van der Waals surface area contributed by atoms with Crippen molar-refractivity contribution in [2.45, 2.75) is 65.7 Å². The van der Waals surface area contributed by atoms with Gasteiger partial charge in [0.15, 0.2) is 5.82 Å². The number of amides is 1. The van der Waals surface area contributed by atoms with E-state index in [1.807, 2.05) is 18.2 Å². The van der Waals surface area contributed by atoms with Crippen LogP contribution in [0.15, 0.2) is 46.2 Å². The predicted molar refractivity (Wildman–Crippen MR) is 140 cm³/mol. The smallest absolute Gasteiger partial charge is 0.305 e. The zero-order valence-corrected chi connectivity index (χ0v) is 22.2. The summed E-state index contributed by atoms with van der Waals surface area (Å²) in [6.45, 7) is 6.56. The predicted octanol–water partition coefficient (Wildman–Crippen LogP) is 4.96. The number of rotatable bonds is 11. The molecule has 2 aliphatic rings. The number of aryl methyl sites for hydroxylation is 2. The Morgan fingerprint density at radius 3 is 2.89 bits per heavy atom. The molecule has 4 rings (SSSR count). The maximum absolute atomic E-state index is 13.5. The minimum absolute atomic E-state index is 0.0516. The second kappa shape index (κ2) is 12.1. The Bertz CT molecular complexity index is 1290. The van der Waals surface area contributed by atoms with Crippen LogP contribution in [0.4, 0.5) is 5.69 Å². The first-order chi connectivity index (χ1) is 18.4. The van der Waals surface area contributed by atoms with Gasteiger partial charge in [-0.25, -0.2) is 0 Å². The molecular formula is C29H34N4O5. The van der Waals surface area contributed by atoms with E-state index in [1.54, 1.807) is 26.0 Å². The number of hydrogen-bond donors (Lipinski definition) is 1. The van der Waals surface area contributed by atoms with Crippen molar-refractivity contribution >= 4 is 17.6 Å². The first-order valence-corrected chi connectivity index (χ1v) is 13.2. The highest BCUT2D eigenvalue weighted by atomic mass is 16.5. The number of aromatic nitrogens is 2. The number of anilines is 1. The molecule has 1 fully saturated rings. The van der Waals surface area contributed by atoms with Crippen LogP contribution in [0, 0.1) is 29.6 Å². The molecule has 38 heavy (non-hydrogen) atoms. The molecule has 1 aliphatic carbocycles. The quantitative estimate of drug-likeness (QED) is 0.413. The Morgan fingerprint density at radius 1 is 1.34 bits per heavy atom. The Kier molecular flexibility index (Phi) is 8.62. The van der Waals surface area contributed by atoms with Gasteiger partial charge >= 0.3 is 5.97 Å². The molecule has 1 aromatic carbocycles. The molecule has 0 saturated heterocycles. The zero-order valence-electron chi connectivity index (χ0n) is 22.2. The average molecular weight is 519 g/mol. The van der Waals surface area contributed by atoms with Gasteiger partial charge in [0.2, 0.25) is 11.8 Å². The third-order valence-corrected chi connectivity index (χ3v) is 7.21. The lowest BCUT2D eigenvalue weighted by Crippen LogP contribution is -2.25. The number of benzene rings is 1. The molecule has 1 spiro atoms. The Morgan fingerprint density at radius 2 is 2.18 bits per heavy atom. The van der Waals surface area contributed by atoms with Crippen LogP contribution in [-0.2, 0) is 31.9 Å². The largest absolute Gasteiger partial charge is 0.494 e. The lowest BCUT2D eigenvalue weighted by molar-refractivity contribution is -0.143. The first-order valence-electron chi connectivity index (χ1n) is 13.2. The number of hydrogen-bond acceptors (Lipinski definition) is 8. The number of carbonyl (C=O) groups excluding carboxylic acids is 2. The van der Waals surface area contributed by atoms with Gasteiger partial charge in [-0.2, -0.15) is 10.2 Å². The number of nitriles is 1. The van der Waals surface area contributed by atoms with E-state index in [4.69, 9.17) is 14.0 Å². The molecule has 0 unspecified atom stereocenters. The van der Waals surface area contributed by atoms with Crippen molar-refractivity contribution in [1.82, 2.24) is 10.1 Å². The maximum Gasteiger partial charge on any atom is 0.305 e. The number of carbonyl (C=O) groups is 2. The van der Waals surface area contributed by atoms with Crippen LogP contribution in [0.5, 0.6) is 0 Å². The summed E-state index contributed by atoms with van der Waals surface area (Å²) in [6.07, 6.45) is 8.25. The van der Waals surface area contributed by atoms with E-state index in [-0.39, 0.29) is 23.2 Å². The van der Waals surface area contributed by atoms with Crippen LogP contribution in [0.25, 0.3) is 0 Å². The van der Waals surface area contributed by atoms with Gasteiger partial charge in [0.05, 0.1) is 24.8 Å². The summed E-state index contributed by atoms with van der Waals surface area (Å²) in [5.41, 5.74) is 2.94. The van der Waals surface area contributed by atoms with Gasteiger partial charge in [0, 0.05) is 29.9 Å². The van der Waals surface area contributed by atoms with Gasteiger partial charge in [-0.15, -0.1) is 0 Å². The summed E-state index contributed by atoms with van der Waals surface area (Å²) < 4.78 is 16.2. The highest BCUT2D eigenvalue weighted by molar-refractivity contribution is 5.96. The van der Waals surface area contributed by atoms with Gasteiger partial charge in [-0.05, 0) is 75.3 Å². The van der Waals surface area contributed by atoms with Crippen molar-refractivity contribution in [3.8, 4) is 6.07 Å². The average Bonchev–Trinajstić information content (AvgIpc) is 3.46. The highest BCUT2D eigenvalue weighted by Gasteiger charge is 2.61. The van der Waals surface area contributed by atoms with E-state index < -0.39 is 0 Å². The third kappa shape index (κ3) is 6.13. The van der Waals surface area contributed by atoms with Crippen LogP contribution in [0.1, 0.15) is 68.8 Å². The first kappa shape index (κ1) is 27.1. The summed E-state index contributed by atoms with van der Waals surface area (Å²) in [4.78, 5) is 29.4. The SMILES string of the molecule is CCOC(=O)CCCc1ccc(C#N)cc1NC(=O)[C@@H]1C[C@]12CCOC(/C=C\Cc1nc(C)no1)=C2CC. The molecule has 9 heteroatoms. The van der Waals surface area contributed by atoms with Crippen molar-refractivity contribution in [2.75, 3.05) is 18.5 Å². The summed E-state index contributed by atoms with van der Waals surface area (Å²) in [7, 11) is 0. The highest BCUT2D eigenvalue weighted by Crippen LogP contribution is 2.63. The molecule has 9 nitrogen and oxygen atoms in total. The zero-order chi connectivity index (χ0) is 27.1. The number of allylic oxidation sites excluding steroid dienone is 3. The van der Waals surface area contributed by atoms with Gasteiger partial charge < -0.3 is 19.3 Å². The number of nitrogens with zero attached hydrogens (tertiary/aromatic N) is 3. The summed E-state index contributed by atoms with van der Waals surface area (Å²) in [6, 6.07) is 7.44.